The van der Waals surface area contributed by atoms with Crippen molar-refractivity contribution in [2.24, 2.45) is 0 Å². The molecule has 0 bridgehead atoms. The minimum Gasteiger partial charge on any atom is -0.265 e. The fourth-order valence-corrected chi connectivity index (χ4v) is 3.01. The van der Waals surface area contributed by atoms with Gasteiger partial charge in [0.15, 0.2) is 0 Å². The Bertz CT molecular complexity index is 591. The zero-order valence-corrected chi connectivity index (χ0v) is 10.3. The van der Waals surface area contributed by atoms with Crippen LogP contribution in [0.4, 0.5) is 0 Å². The summed E-state index contributed by atoms with van der Waals surface area (Å²) in [5.74, 6) is 0. The number of aryl methyl sites for hydroxylation is 1. The predicted octanol–water partition coefficient (Wildman–Crippen LogP) is 3.07. The van der Waals surface area contributed by atoms with Crippen molar-refractivity contribution in [3.63, 3.8) is 0 Å². The average Bonchev–Trinajstić information content (AvgIpc) is 3.08. The standard InChI is InChI=1S/C13H11N3S/c1-9-11(10-2-6-15-7-3-10)16-12(17-9)13(8-14)4-5-13/h2-3,6-7H,4-5H2,1H3. The maximum absolute atomic E-state index is 9.19. The van der Waals surface area contributed by atoms with E-state index in [-0.39, 0.29) is 5.41 Å². The third kappa shape index (κ3) is 1.63. The van der Waals surface area contributed by atoms with Crippen molar-refractivity contribution in [1.82, 2.24) is 9.97 Å². The van der Waals surface area contributed by atoms with E-state index in [0.29, 0.717) is 0 Å². The molecule has 1 aliphatic carbocycles. The Morgan fingerprint density at radius 1 is 1.35 bits per heavy atom. The van der Waals surface area contributed by atoms with Gasteiger partial charge in [0.1, 0.15) is 10.4 Å². The average molecular weight is 241 g/mol. The van der Waals surface area contributed by atoms with Gasteiger partial charge in [0, 0.05) is 22.8 Å². The highest BCUT2D eigenvalue weighted by Gasteiger charge is 2.48. The van der Waals surface area contributed by atoms with Crippen LogP contribution in [-0.2, 0) is 5.41 Å². The van der Waals surface area contributed by atoms with Crippen molar-refractivity contribution in [1.29, 1.82) is 5.26 Å². The number of nitrogens with zero attached hydrogens (tertiary/aromatic N) is 3. The van der Waals surface area contributed by atoms with Crippen molar-refractivity contribution < 1.29 is 0 Å². The molecular formula is C13H11N3S. The number of hydrogen-bond acceptors (Lipinski definition) is 4. The molecule has 0 saturated heterocycles. The summed E-state index contributed by atoms with van der Waals surface area (Å²) in [7, 11) is 0. The van der Waals surface area contributed by atoms with Crippen LogP contribution in [0.15, 0.2) is 24.5 Å². The van der Waals surface area contributed by atoms with E-state index >= 15 is 0 Å². The molecule has 2 heterocycles. The number of aromatic nitrogens is 2. The van der Waals surface area contributed by atoms with E-state index in [2.05, 4.69) is 23.0 Å². The molecule has 84 valence electrons. The topological polar surface area (TPSA) is 49.6 Å². The summed E-state index contributed by atoms with van der Waals surface area (Å²) in [4.78, 5) is 9.84. The first-order valence-electron chi connectivity index (χ1n) is 5.55. The van der Waals surface area contributed by atoms with E-state index in [4.69, 9.17) is 0 Å². The van der Waals surface area contributed by atoms with E-state index < -0.39 is 0 Å². The normalized spacial score (nSPS) is 16.5. The van der Waals surface area contributed by atoms with Crippen molar-refractivity contribution in [3.8, 4) is 17.3 Å². The van der Waals surface area contributed by atoms with Crippen molar-refractivity contribution >= 4 is 11.3 Å². The molecule has 0 atom stereocenters. The Kier molecular flexibility index (Phi) is 2.23. The van der Waals surface area contributed by atoms with Crippen LogP contribution < -0.4 is 0 Å². The number of hydrogen-bond donors (Lipinski definition) is 0. The van der Waals surface area contributed by atoms with Gasteiger partial charge in [-0.25, -0.2) is 4.98 Å². The molecule has 0 aliphatic heterocycles. The summed E-state index contributed by atoms with van der Waals surface area (Å²) in [5, 5.41) is 10.2. The Labute approximate surface area is 104 Å². The summed E-state index contributed by atoms with van der Waals surface area (Å²) in [5.41, 5.74) is 1.79. The van der Waals surface area contributed by atoms with Gasteiger partial charge in [-0.1, -0.05) is 0 Å². The molecule has 3 nitrogen and oxygen atoms in total. The molecular weight excluding hydrogens is 230 g/mol. The van der Waals surface area contributed by atoms with Crippen LogP contribution in [0.1, 0.15) is 22.7 Å². The van der Waals surface area contributed by atoms with Gasteiger partial charge >= 0.3 is 0 Å². The number of rotatable bonds is 2. The first-order valence-corrected chi connectivity index (χ1v) is 6.36. The number of nitriles is 1. The molecule has 3 rings (SSSR count). The monoisotopic (exact) mass is 241 g/mol. The highest BCUT2D eigenvalue weighted by Crippen LogP contribution is 2.50. The quantitative estimate of drug-likeness (QED) is 0.811. The molecule has 1 aliphatic rings. The molecule has 0 N–H and O–H groups in total. The molecule has 0 unspecified atom stereocenters. The lowest BCUT2D eigenvalue weighted by molar-refractivity contribution is 0.891. The molecule has 0 aromatic carbocycles. The zero-order valence-electron chi connectivity index (χ0n) is 9.47. The zero-order chi connectivity index (χ0) is 11.9. The van der Waals surface area contributed by atoms with Crippen molar-refractivity contribution in [3.05, 3.63) is 34.4 Å². The summed E-state index contributed by atoms with van der Waals surface area (Å²) < 4.78 is 0. The largest absolute Gasteiger partial charge is 0.265 e. The van der Waals surface area contributed by atoms with Crippen LogP contribution >= 0.6 is 11.3 Å². The lowest BCUT2D eigenvalue weighted by atomic mass is 10.1. The van der Waals surface area contributed by atoms with E-state index in [1.165, 1.54) is 4.88 Å². The van der Waals surface area contributed by atoms with Gasteiger partial charge in [-0.15, -0.1) is 11.3 Å². The molecule has 2 aromatic rings. The second-order valence-corrected chi connectivity index (χ2v) is 5.56. The minimum atomic E-state index is -0.277. The Balaban J connectivity index is 2.06. The minimum absolute atomic E-state index is 0.277. The molecule has 17 heavy (non-hydrogen) atoms. The van der Waals surface area contributed by atoms with Crippen LogP contribution in [0.25, 0.3) is 11.3 Å². The fourth-order valence-electron chi connectivity index (χ4n) is 1.88. The van der Waals surface area contributed by atoms with Crippen LogP contribution in [0.3, 0.4) is 0 Å². The number of pyridine rings is 1. The summed E-state index contributed by atoms with van der Waals surface area (Å²) in [6, 6.07) is 6.31. The predicted molar refractivity (Wildman–Crippen MR) is 66.6 cm³/mol. The van der Waals surface area contributed by atoms with Gasteiger partial charge in [-0.05, 0) is 31.9 Å². The molecule has 1 fully saturated rings. The van der Waals surface area contributed by atoms with Crippen LogP contribution in [0.5, 0.6) is 0 Å². The van der Waals surface area contributed by atoms with Gasteiger partial charge in [0.05, 0.1) is 11.8 Å². The van der Waals surface area contributed by atoms with Crippen molar-refractivity contribution in [2.75, 3.05) is 0 Å². The Morgan fingerprint density at radius 2 is 2.06 bits per heavy atom. The summed E-state index contributed by atoms with van der Waals surface area (Å²) in [6.45, 7) is 2.06. The maximum atomic E-state index is 9.19. The highest BCUT2D eigenvalue weighted by atomic mass is 32.1. The molecule has 0 radical (unpaired) electrons. The van der Waals surface area contributed by atoms with Gasteiger partial charge < -0.3 is 0 Å². The van der Waals surface area contributed by atoms with Gasteiger partial charge in [-0.3, -0.25) is 4.98 Å². The number of thiazole rings is 1. The van der Waals surface area contributed by atoms with Crippen LogP contribution in [-0.4, -0.2) is 9.97 Å². The molecule has 1 saturated carbocycles. The fraction of sp³-hybridized carbons (Fsp3) is 0.308. The second-order valence-electron chi connectivity index (χ2n) is 4.35. The lowest BCUT2D eigenvalue weighted by Gasteiger charge is -1.98. The van der Waals surface area contributed by atoms with Crippen LogP contribution in [0.2, 0.25) is 0 Å². The van der Waals surface area contributed by atoms with E-state index in [0.717, 1.165) is 29.1 Å². The van der Waals surface area contributed by atoms with E-state index in [9.17, 15) is 5.26 Å². The summed E-state index contributed by atoms with van der Waals surface area (Å²) in [6.07, 6.45) is 5.44. The van der Waals surface area contributed by atoms with Gasteiger partial charge in [0.25, 0.3) is 0 Å². The molecule has 4 heteroatoms. The Hall–Kier alpha value is -1.73. The smallest absolute Gasteiger partial charge is 0.114 e. The van der Waals surface area contributed by atoms with Crippen LogP contribution in [0, 0.1) is 18.3 Å². The van der Waals surface area contributed by atoms with Gasteiger partial charge in [-0.2, -0.15) is 5.26 Å². The maximum Gasteiger partial charge on any atom is 0.114 e. The third-order valence-electron chi connectivity index (χ3n) is 3.12. The molecule has 0 amide bonds. The van der Waals surface area contributed by atoms with E-state index in [1.807, 2.05) is 12.1 Å². The molecule has 2 aromatic heterocycles. The molecule has 0 spiro atoms. The van der Waals surface area contributed by atoms with Gasteiger partial charge in [0.2, 0.25) is 0 Å². The highest BCUT2D eigenvalue weighted by molar-refractivity contribution is 7.12. The van der Waals surface area contributed by atoms with Crippen molar-refractivity contribution in [2.45, 2.75) is 25.2 Å². The van der Waals surface area contributed by atoms with E-state index in [1.54, 1.807) is 23.7 Å². The third-order valence-corrected chi connectivity index (χ3v) is 4.30. The first-order chi connectivity index (χ1) is 8.25. The first kappa shape index (κ1) is 10.4. The summed E-state index contributed by atoms with van der Waals surface area (Å²) >= 11 is 1.65. The lowest BCUT2D eigenvalue weighted by Crippen LogP contribution is -2.01. The SMILES string of the molecule is Cc1sc(C2(C#N)CC2)nc1-c1ccncc1. The second kappa shape index (κ2) is 3.64. The Morgan fingerprint density at radius 3 is 2.65 bits per heavy atom.